The van der Waals surface area contributed by atoms with Crippen LogP contribution in [-0.2, 0) is 11.3 Å². The van der Waals surface area contributed by atoms with Gasteiger partial charge in [0.2, 0.25) is 6.79 Å². The molecule has 7 nitrogen and oxygen atoms in total. The summed E-state index contributed by atoms with van der Waals surface area (Å²) >= 11 is 0. The van der Waals surface area contributed by atoms with Gasteiger partial charge in [-0.05, 0) is 42.8 Å². The molecule has 0 radical (unpaired) electrons. The Morgan fingerprint density at radius 1 is 1.03 bits per heavy atom. The Kier molecular flexibility index (Phi) is 5.61. The highest BCUT2D eigenvalue weighted by Gasteiger charge is 2.16. The van der Waals surface area contributed by atoms with Gasteiger partial charge < -0.3 is 19.4 Å². The van der Waals surface area contributed by atoms with E-state index in [1.54, 1.807) is 24.3 Å². The standard InChI is InChI=1S/C23H21N3O4/c1-16-5-7-17(8-6-16)14-26-11-3-2-4-21(26)25-22(27)13-24-23(28)18-9-10-19-20(12-18)30-15-29-19/h2-12H,13-15H2,1H3,(H,24,28). The summed E-state index contributed by atoms with van der Waals surface area (Å²) in [7, 11) is 0. The molecule has 152 valence electrons. The summed E-state index contributed by atoms with van der Waals surface area (Å²) in [5.74, 6) is 0.297. The molecule has 0 atom stereocenters. The summed E-state index contributed by atoms with van der Waals surface area (Å²) in [5, 5.41) is 2.60. The van der Waals surface area contributed by atoms with Crippen molar-refractivity contribution in [3.63, 3.8) is 0 Å². The smallest absolute Gasteiger partial charge is 0.267 e. The lowest BCUT2D eigenvalue weighted by molar-refractivity contribution is -0.117. The minimum absolute atomic E-state index is 0.136. The first-order valence-corrected chi connectivity index (χ1v) is 9.55. The molecule has 0 saturated heterocycles. The predicted octanol–water partition coefficient (Wildman–Crippen LogP) is 2.43. The van der Waals surface area contributed by atoms with Crippen LogP contribution in [0, 0.1) is 6.92 Å². The molecular formula is C23H21N3O4. The largest absolute Gasteiger partial charge is 0.454 e. The molecule has 2 amide bonds. The van der Waals surface area contributed by atoms with Crippen molar-refractivity contribution in [2.75, 3.05) is 13.3 Å². The monoisotopic (exact) mass is 403 g/mol. The Morgan fingerprint density at radius 2 is 1.83 bits per heavy atom. The van der Waals surface area contributed by atoms with Crippen LogP contribution in [0.4, 0.5) is 0 Å². The Hall–Kier alpha value is -3.87. The second-order valence-corrected chi connectivity index (χ2v) is 6.93. The molecule has 1 aromatic heterocycles. The molecule has 3 aromatic rings. The van der Waals surface area contributed by atoms with Gasteiger partial charge in [0.25, 0.3) is 11.8 Å². The molecule has 1 aliphatic heterocycles. The second-order valence-electron chi connectivity index (χ2n) is 6.93. The second kappa shape index (κ2) is 8.65. The zero-order chi connectivity index (χ0) is 20.9. The van der Waals surface area contributed by atoms with Crippen LogP contribution in [0.25, 0.3) is 0 Å². The topological polar surface area (TPSA) is 81.9 Å². The number of nitrogens with one attached hydrogen (secondary N) is 1. The molecule has 1 aliphatic rings. The Bertz CT molecular complexity index is 1150. The summed E-state index contributed by atoms with van der Waals surface area (Å²) < 4.78 is 12.4. The number of benzene rings is 2. The molecule has 4 rings (SSSR count). The number of carbonyl (C=O) groups excluding carboxylic acids is 2. The Morgan fingerprint density at radius 3 is 2.67 bits per heavy atom. The first-order chi connectivity index (χ1) is 14.6. The van der Waals surface area contributed by atoms with Crippen molar-refractivity contribution in [2.24, 2.45) is 4.99 Å². The van der Waals surface area contributed by atoms with Crippen molar-refractivity contribution in [1.82, 2.24) is 9.88 Å². The van der Waals surface area contributed by atoms with E-state index < -0.39 is 5.91 Å². The van der Waals surface area contributed by atoms with Crippen LogP contribution in [0.5, 0.6) is 11.5 Å². The molecule has 0 spiro atoms. The van der Waals surface area contributed by atoms with Crippen molar-refractivity contribution < 1.29 is 19.1 Å². The number of hydrogen-bond donors (Lipinski definition) is 1. The van der Waals surface area contributed by atoms with Crippen LogP contribution in [0.3, 0.4) is 0 Å². The third kappa shape index (κ3) is 4.57. The quantitative estimate of drug-likeness (QED) is 0.709. The van der Waals surface area contributed by atoms with Gasteiger partial charge in [0.05, 0.1) is 6.54 Å². The fourth-order valence-electron chi connectivity index (χ4n) is 3.06. The van der Waals surface area contributed by atoms with Crippen LogP contribution < -0.4 is 20.3 Å². The Labute approximate surface area is 173 Å². The number of ether oxygens (including phenoxy) is 2. The fraction of sp³-hybridized carbons (Fsp3) is 0.174. The van der Waals surface area contributed by atoms with Crippen LogP contribution in [0.15, 0.2) is 71.9 Å². The van der Waals surface area contributed by atoms with E-state index in [0.29, 0.717) is 29.1 Å². The van der Waals surface area contributed by atoms with Crippen LogP contribution in [0.2, 0.25) is 0 Å². The van der Waals surface area contributed by atoms with E-state index >= 15 is 0 Å². The number of aromatic nitrogens is 1. The number of rotatable bonds is 5. The van der Waals surface area contributed by atoms with Gasteiger partial charge in [-0.1, -0.05) is 35.9 Å². The molecule has 0 aliphatic carbocycles. The van der Waals surface area contributed by atoms with Crippen molar-refractivity contribution >= 4 is 11.8 Å². The van der Waals surface area contributed by atoms with Crippen LogP contribution >= 0.6 is 0 Å². The molecule has 7 heteroatoms. The Balaban J connectivity index is 1.43. The summed E-state index contributed by atoms with van der Waals surface area (Å²) in [6.45, 7) is 2.57. The highest BCUT2D eigenvalue weighted by Crippen LogP contribution is 2.32. The first kappa shape index (κ1) is 19.4. The van der Waals surface area contributed by atoms with Gasteiger partial charge in [-0.2, -0.15) is 4.99 Å². The molecule has 2 aromatic carbocycles. The van der Waals surface area contributed by atoms with Gasteiger partial charge in [0, 0.05) is 18.3 Å². The zero-order valence-corrected chi connectivity index (χ0v) is 16.5. The van der Waals surface area contributed by atoms with Crippen molar-refractivity contribution in [3.8, 4) is 11.5 Å². The third-order valence-corrected chi connectivity index (χ3v) is 4.66. The van der Waals surface area contributed by atoms with E-state index in [4.69, 9.17) is 9.47 Å². The van der Waals surface area contributed by atoms with E-state index in [1.807, 2.05) is 54.1 Å². The molecule has 0 fully saturated rings. The number of hydrogen-bond acceptors (Lipinski definition) is 4. The van der Waals surface area contributed by atoms with Gasteiger partial charge >= 0.3 is 0 Å². The lowest BCUT2D eigenvalue weighted by Crippen LogP contribution is -2.30. The zero-order valence-electron chi connectivity index (χ0n) is 16.5. The number of amides is 2. The number of nitrogens with zero attached hydrogens (tertiary/aromatic N) is 2. The number of carbonyl (C=O) groups is 2. The maximum absolute atomic E-state index is 12.3. The van der Waals surface area contributed by atoms with E-state index in [9.17, 15) is 9.59 Å². The van der Waals surface area contributed by atoms with Gasteiger partial charge in [0.15, 0.2) is 11.5 Å². The molecule has 2 heterocycles. The van der Waals surface area contributed by atoms with E-state index in [0.717, 1.165) is 5.56 Å². The van der Waals surface area contributed by atoms with Gasteiger partial charge in [-0.15, -0.1) is 0 Å². The molecule has 0 bridgehead atoms. The maximum atomic E-state index is 12.3. The summed E-state index contributed by atoms with van der Waals surface area (Å²) in [6, 6.07) is 18.6. The number of fused-ring (bicyclic) bond motifs is 1. The average Bonchev–Trinajstić information content (AvgIpc) is 3.23. The molecule has 0 unspecified atom stereocenters. The molecule has 0 saturated carbocycles. The molecule has 1 N–H and O–H groups in total. The first-order valence-electron chi connectivity index (χ1n) is 9.55. The SMILES string of the molecule is Cc1ccc(Cn2ccccc2=NC(=O)CNC(=O)c2ccc3c(c2)OCO3)cc1. The predicted molar refractivity (Wildman–Crippen MR) is 110 cm³/mol. The summed E-state index contributed by atoms with van der Waals surface area (Å²) in [5.41, 5.74) is 3.22. The fourth-order valence-corrected chi connectivity index (χ4v) is 3.06. The number of aryl methyl sites for hydroxylation is 1. The average molecular weight is 403 g/mol. The normalized spacial score (nSPS) is 12.6. The van der Waals surface area contributed by atoms with Crippen LogP contribution in [0.1, 0.15) is 21.5 Å². The highest BCUT2D eigenvalue weighted by atomic mass is 16.7. The maximum Gasteiger partial charge on any atom is 0.267 e. The van der Waals surface area contributed by atoms with Crippen LogP contribution in [-0.4, -0.2) is 29.7 Å². The van der Waals surface area contributed by atoms with E-state index in [2.05, 4.69) is 10.3 Å². The van der Waals surface area contributed by atoms with Crippen molar-refractivity contribution in [3.05, 3.63) is 89.0 Å². The molecular weight excluding hydrogens is 382 g/mol. The van der Waals surface area contributed by atoms with Gasteiger partial charge in [-0.3, -0.25) is 9.59 Å². The minimum Gasteiger partial charge on any atom is -0.454 e. The van der Waals surface area contributed by atoms with Crippen molar-refractivity contribution in [1.29, 1.82) is 0 Å². The summed E-state index contributed by atoms with van der Waals surface area (Å²) in [6.07, 6.45) is 1.87. The number of pyridine rings is 1. The van der Waals surface area contributed by atoms with Gasteiger partial charge in [-0.25, -0.2) is 0 Å². The molecule has 30 heavy (non-hydrogen) atoms. The summed E-state index contributed by atoms with van der Waals surface area (Å²) in [4.78, 5) is 28.8. The third-order valence-electron chi connectivity index (χ3n) is 4.66. The highest BCUT2D eigenvalue weighted by molar-refractivity contribution is 5.97. The lowest BCUT2D eigenvalue weighted by Gasteiger charge is -2.08. The van der Waals surface area contributed by atoms with Gasteiger partial charge in [0.1, 0.15) is 5.49 Å². The van der Waals surface area contributed by atoms with E-state index in [1.165, 1.54) is 5.56 Å². The minimum atomic E-state index is -0.437. The lowest BCUT2D eigenvalue weighted by atomic mass is 10.1. The van der Waals surface area contributed by atoms with E-state index in [-0.39, 0.29) is 19.2 Å². The van der Waals surface area contributed by atoms with Crippen molar-refractivity contribution in [2.45, 2.75) is 13.5 Å².